The van der Waals surface area contributed by atoms with E-state index in [2.05, 4.69) is 409 Å². The van der Waals surface area contributed by atoms with Gasteiger partial charge in [0.05, 0.1) is 0 Å². The number of aryl methyl sites for hydroxylation is 1. The third-order valence-electron chi connectivity index (χ3n) is 26.1. The largest absolute Gasteiger partial charge is 0.456 e. The van der Waals surface area contributed by atoms with Crippen molar-refractivity contribution in [3.63, 3.8) is 0 Å². The highest BCUT2D eigenvalue weighted by atomic mass is 16.3. The number of furan rings is 4. The van der Waals surface area contributed by atoms with Crippen molar-refractivity contribution >= 4 is 117 Å². The van der Waals surface area contributed by atoms with Crippen LogP contribution in [0.3, 0.4) is 0 Å². The van der Waals surface area contributed by atoms with Crippen molar-refractivity contribution in [2.24, 2.45) is 0 Å². The number of anilines is 5. The second-order valence-corrected chi connectivity index (χ2v) is 34.3. The van der Waals surface area contributed by atoms with Gasteiger partial charge in [0.2, 0.25) is 0 Å². The molecule has 0 spiro atoms. The Bertz CT molecular complexity index is 7700. The molecule has 6 nitrogen and oxygen atoms in total. The summed E-state index contributed by atoms with van der Waals surface area (Å²) in [7, 11) is 0. The first-order valence-corrected chi connectivity index (χ1v) is 43.4. The number of hydrogen-bond donors (Lipinski definition) is 0. The third-order valence-corrected chi connectivity index (χ3v) is 26.1. The average Bonchev–Trinajstić information content (AvgIpc) is 1.57. The fourth-order valence-electron chi connectivity index (χ4n) is 19.3. The molecule has 0 fully saturated rings. The fraction of sp³-hybridized carbons (Fsp3) is 0.0667. The lowest BCUT2D eigenvalue weighted by Gasteiger charge is -2.30. The smallest absolute Gasteiger partial charge is 0.135 e. The van der Waals surface area contributed by atoms with E-state index < -0.39 is 0 Å². The summed E-state index contributed by atoms with van der Waals surface area (Å²) in [6.45, 7) is 15.9. The molecule has 0 unspecified atom stereocenters. The summed E-state index contributed by atoms with van der Waals surface area (Å²) in [5, 5.41) is 7.99. The summed E-state index contributed by atoms with van der Waals surface area (Å²) >= 11 is 0. The van der Waals surface area contributed by atoms with Crippen LogP contribution in [0.4, 0.5) is 28.4 Å². The van der Waals surface area contributed by atoms with Crippen molar-refractivity contribution in [1.82, 2.24) is 0 Å². The van der Waals surface area contributed by atoms with Gasteiger partial charge in [0.15, 0.2) is 0 Å². The van der Waals surface area contributed by atoms with Crippen LogP contribution in [0.5, 0.6) is 0 Å². The van der Waals surface area contributed by atoms with E-state index in [4.69, 9.17) is 17.7 Å². The predicted octanol–water partition coefficient (Wildman–Crippen LogP) is 33.7. The summed E-state index contributed by atoms with van der Waals surface area (Å²) in [5.74, 6) is 0.904. The molecule has 0 saturated heterocycles. The van der Waals surface area contributed by atoms with Crippen molar-refractivity contribution in [2.45, 2.75) is 51.9 Å². The van der Waals surface area contributed by atoms with Gasteiger partial charge in [0.1, 0.15) is 44.8 Å². The van der Waals surface area contributed by atoms with Crippen LogP contribution in [-0.2, 0) is 17.3 Å². The molecular weight excluding hydrogens is 1530 g/mol. The van der Waals surface area contributed by atoms with Crippen LogP contribution >= 0.6 is 0 Å². The molecule has 0 N–H and O–H groups in total. The SMILES string of the molecule is C=C/C(=C\C=C\c1ccc(-c2ccccc2)cc1)N(c1ccc(C/C=C\c2oc3ccccc3c2C)cc1)c1ccc(-c2ccc3oc4ccccc4c3c2)cc1.CC1(C)c2cc(-c3ccc4oc5ccccc5c4c3)ccc2-c2ccc(N(c3ccc(-c4ccccc4)cc3)c3ccc4c(c3)C(C)(C)c3cc(-c5ccc6oc7ccccc7c6c5)ccc3-4)cc21. The molecule has 0 saturated carbocycles. The lowest BCUT2D eigenvalue weighted by Crippen LogP contribution is -2.18. The predicted molar refractivity (Wildman–Crippen MR) is 528 cm³/mol. The minimum Gasteiger partial charge on any atom is -0.456 e. The Morgan fingerprint density at radius 2 is 0.627 bits per heavy atom. The van der Waals surface area contributed by atoms with E-state index in [9.17, 15) is 0 Å². The maximum atomic E-state index is 6.19. The van der Waals surface area contributed by atoms with Gasteiger partial charge in [0, 0.05) is 88.2 Å². The van der Waals surface area contributed by atoms with E-state index in [1.165, 1.54) is 94.6 Å². The molecule has 602 valence electrons. The lowest BCUT2D eigenvalue weighted by molar-refractivity contribution is 0.601. The number of hydrogen-bond acceptors (Lipinski definition) is 6. The summed E-state index contributed by atoms with van der Waals surface area (Å²) in [6, 6.07) is 137. The molecule has 2 aliphatic rings. The highest BCUT2D eigenvalue weighted by Crippen LogP contribution is 2.55. The van der Waals surface area contributed by atoms with Crippen LogP contribution in [0.2, 0.25) is 0 Å². The fourth-order valence-corrected chi connectivity index (χ4v) is 19.3. The number of allylic oxidation sites excluding steroid dienone is 4. The highest BCUT2D eigenvalue weighted by Gasteiger charge is 2.39. The van der Waals surface area contributed by atoms with Crippen molar-refractivity contribution in [3.8, 4) is 77.9 Å². The molecule has 2 aliphatic carbocycles. The Balaban J connectivity index is 0.000000152. The van der Waals surface area contributed by atoms with Gasteiger partial charge in [-0.3, -0.25) is 0 Å². The molecule has 0 radical (unpaired) electrons. The average molecular weight is 1620 g/mol. The first-order chi connectivity index (χ1) is 61.8. The lowest BCUT2D eigenvalue weighted by atomic mass is 9.81. The van der Waals surface area contributed by atoms with E-state index in [1.54, 1.807) is 0 Å². The molecule has 0 aliphatic heterocycles. The highest BCUT2D eigenvalue weighted by molar-refractivity contribution is 6.09. The molecule has 21 aromatic rings. The normalized spacial score (nSPS) is 13.1. The van der Waals surface area contributed by atoms with E-state index in [-0.39, 0.29) is 10.8 Å². The minimum absolute atomic E-state index is 0.236. The molecule has 6 heteroatoms. The maximum absolute atomic E-state index is 6.19. The molecule has 4 aromatic heterocycles. The van der Waals surface area contributed by atoms with Crippen molar-refractivity contribution in [1.29, 1.82) is 0 Å². The van der Waals surface area contributed by atoms with Gasteiger partial charge in [-0.05, 0) is 276 Å². The monoisotopic (exact) mass is 1620 g/mol. The van der Waals surface area contributed by atoms with Gasteiger partial charge in [-0.25, -0.2) is 0 Å². The zero-order valence-electron chi connectivity index (χ0n) is 70.8. The van der Waals surface area contributed by atoms with Gasteiger partial charge >= 0.3 is 0 Å². The molecule has 0 amide bonds. The Labute approximate surface area is 733 Å². The Hall–Kier alpha value is -15.8. The number of nitrogens with zero attached hydrogens (tertiary/aromatic N) is 2. The van der Waals surface area contributed by atoms with Crippen LogP contribution in [0.1, 0.15) is 72.4 Å². The standard InChI is InChI=1S/C66H47NO2.C54H41NO2/c1-65(2)57-36-44(42-22-32-63-55(34-42)53-14-8-10-16-61(53)68-63)20-28-49(57)51-30-26-47(38-59(51)65)67(46-24-18-41(19-25-46)40-12-6-5-7-13-40)48-27-31-52-50-29-21-45(37-58(50)66(3,4)60(52)39-48)43-23-33-64-56(35-43)54-15-9-11-17-62(54)69-64;1-3-45(17-11-13-39-23-27-42(28-24-39)41-15-5-4-6-16-41)55(46-32-25-40(26-33-46)14-12-22-51-38(2)48-18-7-9-20-52(48)56-51)47-34-29-43(30-35-47)44-31-36-54-50(37-44)49-19-8-10-21-53(49)57-54/h5-39H,1-4H3;3-13,15-37H,1,14H2,2H3/b;13-11+,22-12-,45-17+. The maximum Gasteiger partial charge on any atom is 0.135 e. The van der Waals surface area contributed by atoms with Gasteiger partial charge in [-0.2, -0.15) is 0 Å². The Kier molecular flexibility index (Phi) is 19.0. The Morgan fingerprint density at radius 3 is 1.08 bits per heavy atom. The Morgan fingerprint density at radius 1 is 0.294 bits per heavy atom. The molecule has 23 rings (SSSR count). The van der Waals surface area contributed by atoms with Crippen molar-refractivity contribution in [3.05, 3.63) is 463 Å². The molecule has 4 heterocycles. The summed E-state index contributed by atoms with van der Waals surface area (Å²) in [5.41, 5.74) is 38.3. The van der Waals surface area contributed by atoms with Crippen LogP contribution in [-0.4, -0.2) is 0 Å². The van der Waals surface area contributed by atoms with E-state index in [0.717, 1.165) is 145 Å². The summed E-state index contributed by atoms with van der Waals surface area (Å²) in [6.07, 6.45) is 13.3. The topological polar surface area (TPSA) is 59.0 Å². The van der Waals surface area contributed by atoms with Crippen LogP contribution in [0.25, 0.3) is 167 Å². The van der Waals surface area contributed by atoms with E-state index in [1.807, 2.05) is 60.7 Å². The van der Waals surface area contributed by atoms with Crippen molar-refractivity contribution in [2.75, 3.05) is 9.80 Å². The molecule has 126 heavy (non-hydrogen) atoms. The summed E-state index contributed by atoms with van der Waals surface area (Å²) < 4.78 is 24.6. The van der Waals surface area contributed by atoms with Gasteiger partial charge in [0.25, 0.3) is 0 Å². The number of benzene rings is 17. The quantitative estimate of drug-likeness (QED) is 0.0847. The van der Waals surface area contributed by atoms with Gasteiger partial charge < -0.3 is 27.5 Å². The summed E-state index contributed by atoms with van der Waals surface area (Å²) in [4.78, 5) is 4.71. The van der Waals surface area contributed by atoms with Crippen LogP contribution < -0.4 is 9.80 Å². The minimum atomic E-state index is -0.236. The number of para-hydroxylation sites is 4. The molecule has 0 bridgehead atoms. The third kappa shape index (κ3) is 13.7. The second-order valence-electron chi connectivity index (χ2n) is 34.3. The zero-order chi connectivity index (χ0) is 84.7. The first kappa shape index (κ1) is 76.4. The van der Waals surface area contributed by atoms with Gasteiger partial charge in [-0.1, -0.05) is 301 Å². The molecule has 0 atom stereocenters. The van der Waals surface area contributed by atoms with E-state index >= 15 is 0 Å². The van der Waals surface area contributed by atoms with Gasteiger partial charge in [-0.15, -0.1) is 0 Å². The number of fused-ring (bicyclic) bond motifs is 16. The van der Waals surface area contributed by atoms with Crippen LogP contribution in [0, 0.1) is 6.92 Å². The molecular formula is C120H88N2O4. The van der Waals surface area contributed by atoms with Crippen molar-refractivity contribution < 1.29 is 17.7 Å². The first-order valence-electron chi connectivity index (χ1n) is 43.4. The molecule has 17 aromatic carbocycles. The van der Waals surface area contributed by atoms with Crippen LogP contribution in [0.15, 0.2) is 436 Å². The number of rotatable bonds is 17. The van der Waals surface area contributed by atoms with E-state index in [0.29, 0.717) is 0 Å². The zero-order valence-corrected chi connectivity index (χ0v) is 70.8. The second kappa shape index (κ2) is 31.3.